The second-order valence-corrected chi connectivity index (χ2v) is 3.81. The first kappa shape index (κ1) is 10.5. The quantitative estimate of drug-likeness (QED) is 0.730. The summed E-state index contributed by atoms with van der Waals surface area (Å²) in [5, 5.41) is 0. The monoisotopic (exact) mass is 261 g/mol. The zero-order valence-electron chi connectivity index (χ0n) is 6.84. The molecular weight excluding hydrogens is 253 g/mol. The minimum atomic E-state index is 0. The maximum atomic E-state index is 11.3. The summed E-state index contributed by atoms with van der Waals surface area (Å²) in [5.74, 6) is 0.228. The van der Waals surface area contributed by atoms with Gasteiger partial charge in [0.05, 0.1) is 0 Å². The molecule has 0 spiro atoms. The number of rotatable bonds is 0. The normalized spacial score (nSPS) is 13.8. The highest BCUT2D eigenvalue weighted by atomic mass is 79.9. The van der Waals surface area contributed by atoms with E-state index in [4.69, 9.17) is 5.73 Å². The number of nitrogen functional groups attached to an aromatic ring is 1. The second kappa shape index (κ2) is 3.68. The van der Waals surface area contributed by atoms with Gasteiger partial charge < -0.3 is 5.73 Å². The number of Topliss-reactive ketones (excluding diaryl/α,β-unsaturated/α-hetero) is 1. The number of carbonyl (C=O) groups is 1. The van der Waals surface area contributed by atoms with Crippen molar-refractivity contribution in [2.75, 3.05) is 5.73 Å². The molecule has 0 unspecified atom stereocenters. The molecule has 1 aliphatic carbocycles. The molecule has 4 heteroatoms. The minimum absolute atomic E-state index is 0. The number of nitrogens with two attached hydrogens (primary N) is 1. The molecule has 0 amide bonds. The van der Waals surface area contributed by atoms with Crippen molar-refractivity contribution in [3.8, 4) is 0 Å². The molecule has 13 heavy (non-hydrogen) atoms. The number of anilines is 1. The van der Waals surface area contributed by atoms with E-state index in [1.54, 1.807) is 0 Å². The van der Waals surface area contributed by atoms with Gasteiger partial charge in [0.1, 0.15) is 0 Å². The Morgan fingerprint density at radius 3 is 2.69 bits per heavy atom. The summed E-state index contributed by atoms with van der Waals surface area (Å²) in [6.07, 6.45) is 1.47. The van der Waals surface area contributed by atoms with Crippen molar-refractivity contribution in [1.82, 2.24) is 0 Å². The zero-order chi connectivity index (χ0) is 8.72. The predicted octanol–water partition coefficient (Wildman–Crippen LogP) is 2.58. The van der Waals surface area contributed by atoms with Crippen molar-refractivity contribution in [3.05, 3.63) is 27.7 Å². The van der Waals surface area contributed by atoms with Crippen LogP contribution in [0.1, 0.15) is 22.3 Å². The van der Waals surface area contributed by atoms with Crippen LogP contribution in [0.15, 0.2) is 16.6 Å². The highest BCUT2D eigenvalue weighted by Crippen LogP contribution is 2.29. The Labute approximate surface area is 91.0 Å². The lowest BCUT2D eigenvalue weighted by molar-refractivity contribution is 0.0994. The lowest BCUT2D eigenvalue weighted by Crippen LogP contribution is -1.94. The number of ketones is 1. The first-order chi connectivity index (χ1) is 5.68. The van der Waals surface area contributed by atoms with Crippen LogP contribution >= 0.6 is 28.3 Å². The lowest BCUT2D eigenvalue weighted by Gasteiger charge is -2.01. The van der Waals surface area contributed by atoms with Crippen LogP contribution in [-0.2, 0) is 6.42 Å². The molecule has 1 aromatic rings. The Morgan fingerprint density at radius 1 is 1.31 bits per heavy atom. The Morgan fingerprint density at radius 2 is 2.00 bits per heavy atom. The largest absolute Gasteiger partial charge is 0.398 e. The lowest BCUT2D eigenvalue weighted by atomic mass is 10.1. The van der Waals surface area contributed by atoms with Crippen LogP contribution in [0.2, 0.25) is 0 Å². The number of carbonyl (C=O) groups excluding carboxylic acids is 1. The van der Waals surface area contributed by atoms with Crippen molar-refractivity contribution >= 4 is 39.8 Å². The first-order valence-corrected chi connectivity index (χ1v) is 4.59. The van der Waals surface area contributed by atoms with E-state index >= 15 is 0 Å². The van der Waals surface area contributed by atoms with Gasteiger partial charge in [-0.2, -0.15) is 0 Å². The van der Waals surface area contributed by atoms with Crippen molar-refractivity contribution in [2.45, 2.75) is 12.8 Å². The van der Waals surface area contributed by atoms with E-state index in [0.29, 0.717) is 12.1 Å². The van der Waals surface area contributed by atoms with Gasteiger partial charge in [0, 0.05) is 22.1 Å². The number of aryl methyl sites for hydroxylation is 1. The summed E-state index contributed by atoms with van der Waals surface area (Å²) in [4.78, 5) is 11.3. The highest BCUT2D eigenvalue weighted by Gasteiger charge is 2.20. The van der Waals surface area contributed by atoms with E-state index in [2.05, 4.69) is 15.9 Å². The van der Waals surface area contributed by atoms with E-state index in [1.165, 1.54) is 0 Å². The SMILES string of the molecule is Cl.Nc1cc2c(cc1Br)C(=O)CC2. The summed E-state index contributed by atoms with van der Waals surface area (Å²) < 4.78 is 0.816. The molecule has 0 bridgehead atoms. The third-order valence-electron chi connectivity index (χ3n) is 2.14. The van der Waals surface area contributed by atoms with Gasteiger partial charge in [0.25, 0.3) is 0 Å². The van der Waals surface area contributed by atoms with E-state index in [9.17, 15) is 4.79 Å². The summed E-state index contributed by atoms with van der Waals surface area (Å²) in [7, 11) is 0. The molecule has 70 valence electrons. The van der Waals surface area contributed by atoms with Crippen molar-refractivity contribution in [3.63, 3.8) is 0 Å². The smallest absolute Gasteiger partial charge is 0.163 e. The van der Waals surface area contributed by atoms with Gasteiger partial charge in [-0.1, -0.05) is 0 Å². The average Bonchev–Trinajstić information content (AvgIpc) is 2.35. The van der Waals surface area contributed by atoms with E-state index in [0.717, 1.165) is 22.0 Å². The molecule has 0 aliphatic heterocycles. The molecule has 0 saturated heterocycles. The molecule has 0 heterocycles. The third kappa shape index (κ3) is 1.71. The molecule has 0 radical (unpaired) electrons. The molecule has 0 fully saturated rings. The molecule has 1 aliphatic rings. The summed E-state index contributed by atoms with van der Waals surface area (Å²) in [6.45, 7) is 0. The van der Waals surface area contributed by atoms with E-state index in [-0.39, 0.29) is 18.2 Å². The number of hydrogen-bond donors (Lipinski definition) is 1. The van der Waals surface area contributed by atoms with Crippen molar-refractivity contribution < 1.29 is 4.79 Å². The standard InChI is InChI=1S/C9H8BrNO.ClH/c10-7-4-6-5(3-8(7)11)1-2-9(6)12;/h3-4H,1-2,11H2;1H. The third-order valence-corrected chi connectivity index (χ3v) is 2.83. The van der Waals surface area contributed by atoms with Gasteiger partial charge in [0.2, 0.25) is 0 Å². The van der Waals surface area contributed by atoms with Crippen LogP contribution in [0, 0.1) is 0 Å². The maximum absolute atomic E-state index is 11.3. The fraction of sp³-hybridized carbons (Fsp3) is 0.222. The Hall–Kier alpha value is -0.540. The fourth-order valence-electron chi connectivity index (χ4n) is 1.49. The van der Waals surface area contributed by atoms with E-state index < -0.39 is 0 Å². The van der Waals surface area contributed by atoms with Gasteiger partial charge in [-0.25, -0.2) is 0 Å². The predicted molar refractivity (Wildman–Crippen MR) is 58.5 cm³/mol. The molecule has 0 saturated carbocycles. The Balaban J connectivity index is 0.000000845. The topological polar surface area (TPSA) is 43.1 Å². The van der Waals surface area contributed by atoms with Crippen LogP contribution in [0.3, 0.4) is 0 Å². The van der Waals surface area contributed by atoms with Gasteiger partial charge in [-0.15, -0.1) is 12.4 Å². The highest BCUT2D eigenvalue weighted by molar-refractivity contribution is 9.10. The molecule has 2 nitrogen and oxygen atoms in total. The van der Waals surface area contributed by atoms with Crippen LogP contribution in [0.25, 0.3) is 0 Å². The summed E-state index contributed by atoms with van der Waals surface area (Å²) >= 11 is 3.30. The van der Waals surface area contributed by atoms with Crippen molar-refractivity contribution in [2.24, 2.45) is 0 Å². The van der Waals surface area contributed by atoms with Gasteiger partial charge in [-0.3, -0.25) is 4.79 Å². The number of benzene rings is 1. The van der Waals surface area contributed by atoms with Gasteiger partial charge in [0.15, 0.2) is 5.78 Å². The summed E-state index contributed by atoms with van der Waals surface area (Å²) in [6, 6.07) is 3.70. The van der Waals surface area contributed by atoms with Crippen LogP contribution in [0.5, 0.6) is 0 Å². The molecule has 0 aromatic heterocycles. The second-order valence-electron chi connectivity index (χ2n) is 2.95. The zero-order valence-corrected chi connectivity index (χ0v) is 9.24. The van der Waals surface area contributed by atoms with E-state index in [1.807, 2.05) is 12.1 Å². The number of halogens is 2. The first-order valence-electron chi connectivity index (χ1n) is 3.79. The van der Waals surface area contributed by atoms with Crippen LogP contribution in [0.4, 0.5) is 5.69 Å². The number of fused-ring (bicyclic) bond motifs is 1. The minimum Gasteiger partial charge on any atom is -0.398 e. The summed E-state index contributed by atoms with van der Waals surface area (Å²) in [5.41, 5.74) is 8.31. The molecule has 2 rings (SSSR count). The molecule has 2 N–H and O–H groups in total. The van der Waals surface area contributed by atoms with Gasteiger partial charge >= 0.3 is 0 Å². The Kier molecular flexibility index (Phi) is 2.98. The molecular formula is C9H9BrClNO. The van der Waals surface area contributed by atoms with Gasteiger partial charge in [-0.05, 0) is 40.0 Å². The fourth-order valence-corrected chi connectivity index (χ4v) is 1.83. The van der Waals surface area contributed by atoms with Crippen molar-refractivity contribution in [1.29, 1.82) is 0 Å². The molecule has 0 atom stereocenters. The average molecular weight is 263 g/mol. The number of hydrogen-bond acceptors (Lipinski definition) is 2. The van der Waals surface area contributed by atoms with Crippen LogP contribution in [-0.4, -0.2) is 5.78 Å². The molecule has 1 aromatic carbocycles. The maximum Gasteiger partial charge on any atom is 0.163 e. The Bertz CT molecular complexity index is 365. The van der Waals surface area contributed by atoms with Crippen LogP contribution < -0.4 is 5.73 Å².